The lowest BCUT2D eigenvalue weighted by Crippen LogP contribution is -2.40. The topological polar surface area (TPSA) is 67.9 Å². The largest absolute Gasteiger partial charge is 0.377 e. The molecule has 1 N–H and O–H groups in total. The van der Waals surface area contributed by atoms with E-state index in [9.17, 15) is 9.59 Å². The van der Waals surface area contributed by atoms with Gasteiger partial charge >= 0.3 is 0 Å². The van der Waals surface area contributed by atoms with Crippen molar-refractivity contribution in [3.63, 3.8) is 0 Å². The minimum Gasteiger partial charge on any atom is -0.377 e. The van der Waals surface area contributed by atoms with Gasteiger partial charge in [-0.05, 0) is 68.0 Å². The first kappa shape index (κ1) is 32.7. The van der Waals surface area contributed by atoms with E-state index in [2.05, 4.69) is 36.5 Å². The van der Waals surface area contributed by atoms with Crippen LogP contribution in [0.1, 0.15) is 70.6 Å². The Morgan fingerprint density at radius 2 is 1.42 bits per heavy atom. The normalized spacial score (nSPS) is 14.3. The van der Waals surface area contributed by atoms with Crippen LogP contribution in [0.5, 0.6) is 0 Å². The van der Waals surface area contributed by atoms with E-state index in [1.54, 1.807) is 0 Å². The highest BCUT2D eigenvalue weighted by Gasteiger charge is 2.34. The molecule has 1 unspecified atom stereocenters. The number of hydrogen-bond donors (Lipinski definition) is 1. The van der Waals surface area contributed by atoms with Crippen molar-refractivity contribution in [2.45, 2.75) is 58.4 Å². The van der Waals surface area contributed by atoms with Crippen LogP contribution in [0.15, 0.2) is 72.8 Å². The molecule has 3 aromatic carbocycles. The number of nitrogens with zero attached hydrogens (tertiary/aromatic N) is 1. The number of amides is 2. The lowest BCUT2D eigenvalue weighted by Gasteiger charge is -2.34. The maximum Gasteiger partial charge on any atom is 0.251 e. The van der Waals surface area contributed by atoms with Crippen molar-refractivity contribution in [1.29, 1.82) is 0 Å². The van der Waals surface area contributed by atoms with Gasteiger partial charge in [0.2, 0.25) is 5.91 Å². The fourth-order valence-corrected chi connectivity index (χ4v) is 5.80. The molecular weight excluding hydrogens is 560 g/mol. The zero-order chi connectivity index (χ0) is 30.4. The van der Waals surface area contributed by atoms with E-state index in [4.69, 9.17) is 21.1 Å². The minimum atomic E-state index is -0.193. The first-order chi connectivity index (χ1) is 20.9. The summed E-state index contributed by atoms with van der Waals surface area (Å²) in [7, 11) is 0. The Balaban J connectivity index is 1.29. The van der Waals surface area contributed by atoms with Gasteiger partial charge in [0.25, 0.3) is 5.91 Å². The van der Waals surface area contributed by atoms with Crippen LogP contribution in [-0.2, 0) is 20.8 Å². The second-order valence-corrected chi connectivity index (χ2v) is 12.0. The Kier molecular flexibility index (Phi) is 13.1. The number of rotatable bonds is 15. The van der Waals surface area contributed by atoms with E-state index in [1.807, 2.05) is 60.4 Å². The number of ether oxygens (including phenoxy) is 2. The van der Waals surface area contributed by atoms with Gasteiger partial charge < -0.3 is 19.7 Å². The van der Waals surface area contributed by atoms with Crippen molar-refractivity contribution in [3.05, 3.63) is 106 Å². The lowest BCUT2D eigenvalue weighted by molar-refractivity contribution is -0.136. The van der Waals surface area contributed by atoms with Crippen LogP contribution in [0.2, 0.25) is 5.02 Å². The average Bonchev–Trinajstić information content (AvgIpc) is 3.02. The summed E-state index contributed by atoms with van der Waals surface area (Å²) in [5, 5.41) is 3.55. The van der Waals surface area contributed by atoms with Gasteiger partial charge in [0.15, 0.2) is 0 Å². The summed E-state index contributed by atoms with van der Waals surface area (Å²) in [6.07, 6.45) is 5.70. The van der Waals surface area contributed by atoms with Crippen molar-refractivity contribution < 1.29 is 19.1 Å². The molecule has 0 radical (unpaired) electrons. The molecule has 1 fully saturated rings. The summed E-state index contributed by atoms with van der Waals surface area (Å²) in [5.41, 5.74) is 5.10. The van der Waals surface area contributed by atoms with Crippen LogP contribution >= 0.6 is 11.6 Å². The van der Waals surface area contributed by atoms with Crippen LogP contribution in [-0.4, -0.2) is 56.2 Å². The first-order valence-electron chi connectivity index (χ1n) is 15.5. The maximum atomic E-state index is 14.3. The number of halogens is 1. The molecule has 0 bridgehead atoms. The summed E-state index contributed by atoms with van der Waals surface area (Å²) in [4.78, 5) is 28.5. The predicted molar refractivity (Wildman–Crippen MR) is 173 cm³/mol. The highest BCUT2D eigenvalue weighted by atomic mass is 35.5. The third kappa shape index (κ3) is 10.5. The lowest BCUT2D eigenvalue weighted by atomic mass is 9.76. The van der Waals surface area contributed by atoms with Gasteiger partial charge in [-0.3, -0.25) is 9.59 Å². The Labute approximate surface area is 261 Å². The van der Waals surface area contributed by atoms with Gasteiger partial charge in [-0.15, -0.1) is 0 Å². The zero-order valence-electron chi connectivity index (χ0n) is 25.5. The number of carbonyl (C=O) groups excluding carboxylic acids is 2. The third-order valence-corrected chi connectivity index (χ3v) is 8.40. The van der Waals surface area contributed by atoms with E-state index in [1.165, 1.54) is 24.8 Å². The molecule has 230 valence electrons. The molecule has 0 spiro atoms. The number of benzene rings is 3. The van der Waals surface area contributed by atoms with Crippen LogP contribution < -0.4 is 5.32 Å². The van der Waals surface area contributed by atoms with Crippen LogP contribution in [0.4, 0.5) is 0 Å². The number of carbonyl (C=O) groups is 2. The monoisotopic (exact) mass is 604 g/mol. The summed E-state index contributed by atoms with van der Waals surface area (Å²) in [5.74, 6) is 0.174. The Hall–Kier alpha value is -3.19. The Bertz CT molecular complexity index is 1270. The number of hydrogen-bond acceptors (Lipinski definition) is 4. The molecule has 2 amide bonds. The van der Waals surface area contributed by atoms with E-state index in [-0.39, 0.29) is 17.7 Å². The summed E-state index contributed by atoms with van der Waals surface area (Å²) in [6, 6.07) is 23.7. The molecule has 0 aromatic heterocycles. The summed E-state index contributed by atoms with van der Waals surface area (Å²) >= 11 is 6.21. The van der Waals surface area contributed by atoms with Gasteiger partial charge in [0, 0.05) is 30.2 Å². The average molecular weight is 605 g/mol. The third-order valence-electron chi connectivity index (χ3n) is 8.15. The minimum absolute atomic E-state index is 0.108. The van der Waals surface area contributed by atoms with Crippen molar-refractivity contribution in [3.8, 4) is 0 Å². The first-order valence-corrected chi connectivity index (χ1v) is 15.9. The molecule has 1 saturated carbocycles. The van der Waals surface area contributed by atoms with E-state index in [0.717, 1.165) is 29.5 Å². The van der Waals surface area contributed by atoms with Gasteiger partial charge in [0.05, 0.1) is 32.3 Å². The molecule has 43 heavy (non-hydrogen) atoms. The molecular formula is C36H45ClN2O4. The molecule has 0 heterocycles. The van der Waals surface area contributed by atoms with E-state index >= 15 is 0 Å². The molecule has 6 nitrogen and oxygen atoms in total. The van der Waals surface area contributed by atoms with Crippen molar-refractivity contribution in [1.82, 2.24) is 10.2 Å². The highest BCUT2D eigenvalue weighted by molar-refractivity contribution is 6.30. The highest BCUT2D eigenvalue weighted by Crippen LogP contribution is 2.38. The summed E-state index contributed by atoms with van der Waals surface area (Å²) < 4.78 is 11.6. The Morgan fingerprint density at radius 3 is 2.07 bits per heavy atom. The fourth-order valence-electron chi connectivity index (χ4n) is 5.67. The van der Waals surface area contributed by atoms with Gasteiger partial charge in [-0.25, -0.2) is 0 Å². The summed E-state index contributed by atoms with van der Waals surface area (Å²) in [6.45, 7) is 7.19. The standard InChI is InChI=1S/C36H45ClN2O4/c1-27-8-12-29(13-9-27)26-39(36(41)34(30-6-4-3-5-7-30)31-16-18-33(37)19-17-31)21-23-43-25-24-42-22-20-38-35(40)32-14-10-28(2)11-15-32/h8-19,30,34H,3-7,20-26H2,1-2H3,(H,38,40). The molecule has 3 aromatic rings. The molecule has 0 saturated heterocycles. The number of nitrogens with one attached hydrogen (secondary N) is 1. The quantitative estimate of drug-likeness (QED) is 0.188. The van der Waals surface area contributed by atoms with Crippen molar-refractivity contribution >= 4 is 23.4 Å². The van der Waals surface area contributed by atoms with Gasteiger partial charge in [-0.1, -0.05) is 90.5 Å². The molecule has 0 aliphatic heterocycles. The maximum absolute atomic E-state index is 14.3. The van der Waals surface area contributed by atoms with Crippen LogP contribution in [0.3, 0.4) is 0 Å². The van der Waals surface area contributed by atoms with E-state index < -0.39 is 0 Å². The zero-order valence-corrected chi connectivity index (χ0v) is 26.3. The van der Waals surface area contributed by atoms with Gasteiger partial charge in [0.1, 0.15) is 0 Å². The van der Waals surface area contributed by atoms with E-state index in [0.29, 0.717) is 62.6 Å². The Morgan fingerprint density at radius 1 is 0.814 bits per heavy atom. The van der Waals surface area contributed by atoms with Gasteiger partial charge in [-0.2, -0.15) is 0 Å². The van der Waals surface area contributed by atoms with Crippen LogP contribution in [0.25, 0.3) is 0 Å². The second kappa shape index (κ2) is 17.2. The molecule has 7 heteroatoms. The molecule has 1 aliphatic rings. The SMILES string of the molecule is Cc1ccc(CN(CCOCCOCCNC(=O)c2ccc(C)cc2)C(=O)C(c2ccc(Cl)cc2)C2CCCCC2)cc1. The fraction of sp³-hybridized carbons (Fsp3) is 0.444. The smallest absolute Gasteiger partial charge is 0.251 e. The van der Waals surface area contributed by atoms with Crippen molar-refractivity contribution in [2.24, 2.45) is 5.92 Å². The van der Waals surface area contributed by atoms with Crippen LogP contribution in [0, 0.1) is 19.8 Å². The second-order valence-electron chi connectivity index (χ2n) is 11.5. The molecule has 1 aliphatic carbocycles. The van der Waals surface area contributed by atoms with Crippen molar-refractivity contribution in [2.75, 3.05) is 39.5 Å². The number of aryl methyl sites for hydroxylation is 2. The molecule has 1 atom stereocenters. The molecule has 4 rings (SSSR count). The predicted octanol–water partition coefficient (Wildman–Crippen LogP) is 7.11.